The number of benzene rings is 1. The Morgan fingerprint density at radius 2 is 2.04 bits per heavy atom. The fraction of sp³-hybridized carbons (Fsp3) is 0.350. The van der Waals surface area contributed by atoms with Gasteiger partial charge in [0.15, 0.2) is 0 Å². The molecule has 0 saturated heterocycles. The molecule has 1 heterocycles. The van der Waals surface area contributed by atoms with Crippen LogP contribution in [-0.4, -0.2) is 29.4 Å². The number of hydrogen-bond acceptors (Lipinski definition) is 4. The Morgan fingerprint density at radius 3 is 2.72 bits per heavy atom. The smallest absolute Gasteiger partial charge is 0.239 e. The van der Waals surface area contributed by atoms with E-state index in [0.29, 0.717) is 12.4 Å². The number of amides is 1. The molecule has 1 aromatic heterocycles. The van der Waals surface area contributed by atoms with E-state index < -0.39 is 5.41 Å². The highest BCUT2D eigenvalue weighted by Gasteiger charge is 2.23. The van der Waals surface area contributed by atoms with Crippen LogP contribution >= 0.6 is 0 Å². The zero-order valence-electron chi connectivity index (χ0n) is 15.2. The van der Waals surface area contributed by atoms with Gasteiger partial charge in [0.2, 0.25) is 5.91 Å². The van der Waals surface area contributed by atoms with Crippen LogP contribution < -0.4 is 5.32 Å². The molecule has 5 heteroatoms. The molecule has 0 aliphatic heterocycles. The summed E-state index contributed by atoms with van der Waals surface area (Å²) >= 11 is 0. The fourth-order valence-corrected chi connectivity index (χ4v) is 2.71. The molecule has 0 saturated carbocycles. The van der Waals surface area contributed by atoms with Crippen molar-refractivity contribution in [1.82, 2.24) is 9.88 Å². The fourth-order valence-electron chi connectivity index (χ4n) is 2.71. The van der Waals surface area contributed by atoms with Gasteiger partial charge in [0.1, 0.15) is 5.82 Å². The van der Waals surface area contributed by atoms with E-state index in [0.717, 1.165) is 16.7 Å². The van der Waals surface area contributed by atoms with E-state index in [9.17, 15) is 10.1 Å². The number of hydrogen-bond donors (Lipinski definition) is 1. The molecular weight excluding hydrogens is 312 g/mol. The predicted molar refractivity (Wildman–Crippen MR) is 99.0 cm³/mol. The van der Waals surface area contributed by atoms with Crippen LogP contribution in [0, 0.1) is 18.3 Å². The van der Waals surface area contributed by atoms with Crippen LogP contribution in [0.1, 0.15) is 30.5 Å². The number of aryl methyl sites for hydroxylation is 1. The zero-order valence-corrected chi connectivity index (χ0v) is 15.2. The third-order valence-corrected chi connectivity index (χ3v) is 4.01. The Labute approximate surface area is 149 Å². The summed E-state index contributed by atoms with van der Waals surface area (Å²) in [7, 11) is 1.89. The lowest BCUT2D eigenvalue weighted by atomic mass is 9.83. The maximum absolute atomic E-state index is 12.2. The summed E-state index contributed by atoms with van der Waals surface area (Å²) in [6.45, 7) is 6.61. The minimum Gasteiger partial charge on any atom is -0.310 e. The number of pyridine rings is 1. The lowest BCUT2D eigenvalue weighted by molar-refractivity contribution is -0.117. The Kier molecular flexibility index (Phi) is 5.89. The van der Waals surface area contributed by atoms with E-state index in [1.807, 2.05) is 69.1 Å². The Bertz CT molecular complexity index is 792. The number of carbonyl (C=O) groups is 1. The molecule has 0 aliphatic rings. The summed E-state index contributed by atoms with van der Waals surface area (Å²) in [5.41, 5.74) is 2.53. The first-order valence-electron chi connectivity index (χ1n) is 8.22. The number of carbonyl (C=O) groups excluding carboxylic acids is 1. The van der Waals surface area contributed by atoms with Gasteiger partial charge in [-0.25, -0.2) is 4.98 Å². The number of aromatic nitrogens is 1. The lowest BCUT2D eigenvalue weighted by Gasteiger charge is -2.23. The molecule has 1 amide bonds. The van der Waals surface area contributed by atoms with E-state index in [2.05, 4.69) is 16.4 Å². The largest absolute Gasteiger partial charge is 0.310 e. The van der Waals surface area contributed by atoms with Gasteiger partial charge in [-0.3, -0.25) is 9.69 Å². The SMILES string of the molecule is Cc1ccnc(NC(=O)CN(C)Cc2ccccc2C(C)(C)C#N)c1. The second-order valence-electron chi connectivity index (χ2n) is 6.83. The number of anilines is 1. The van der Waals surface area contributed by atoms with Gasteiger partial charge in [0, 0.05) is 12.7 Å². The molecule has 2 aromatic rings. The van der Waals surface area contributed by atoms with Crippen molar-refractivity contribution in [3.8, 4) is 6.07 Å². The summed E-state index contributed by atoms with van der Waals surface area (Å²) in [6, 6.07) is 13.9. The van der Waals surface area contributed by atoms with Gasteiger partial charge in [-0.15, -0.1) is 0 Å². The van der Waals surface area contributed by atoms with Crippen LogP contribution in [-0.2, 0) is 16.8 Å². The first-order chi connectivity index (χ1) is 11.8. The van der Waals surface area contributed by atoms with Gasteiger partial charge in [-0.2, -0.15) is 5.26 Å². The van der Waals surface area contributed by atoms with Crippen LogP contribution in [0.15, 0.2) is 42.6 Å². The van der Waals surface area contributed by atoms with Crippen LogP contribution in [0.2, 0.25) is 0 Å². The topological polar surface area (TPSA) is 69.0 Å². The van der Waals surface area contributed by atoms with E-state index in [1.165, 1.54) is 0 Å². The highest BCUT2D eigenvalue weighted by molar-refractivity contribution is 5.91. The van der Waals surface area contributed by atoms with Gasteiger partial charge in [0.05, 0.1) is 18.0 Å². The summed E-state index contributed by atoms with van der Waals surface area (Å²) in [6.07, 6.45) is 1.68. The number of rotatable bonds is 6. The van der Waals surface area contributed by atoms with Gasteiger partial charge in [-0.05, 0) is 56.6 Å². The summed E-state index contributed by atoms with van der Waals surface area (Å²) in [5.74, 6) is 0.446. The van der Waals surface area contributed by atoms with Gasteiger partial charge in [-0.1, -0.05) is 24.3 Å². The first-order valence-corrected chi connectivity index (χ1v) is 8.22. The molecule has 2 rings (SSSR count). The van der Waals surface area contributed by atoms with Crippen molar-refractivity contribution in [2.24, 2.45) is 0 Å². The Balaban J connectivity index is 2.02. The number of likely N-dealkylation sites (N-methyl/N-ethyl adjacent to an activating group) is 1. The molecule has 0 unspecified atom stereocenters. The maximum atomic E-state index is 12.2. The van der Waals surface area contributed by atoms with Crippen LogP contribution in [0.4, 0.5) is 5.82 Å². The summed E-state index contributed by atoms with van der Waals surface area (Å²) in [4.78, 5) is 18.3. The monoisotopic (exact) mass is 336 g/mol. The molecule has 25 heavy (non-hydrogen) atoms. The number of nitrogens with zero attached hydrogens (tertiary/aromatic N) is 3. The van der Waals surface area contributed by atoms with Crippen LogP contribution in [0.5, 0.6) is 0 Å². The van der Waals surface area contributed by atoms with Crippen molar-refractivity contribution in [2.45, 2.75) is 32.7 Å². The van der Waals surface area contributed by atoms with Crippen molar-refractivity contribution < 1.29 is 4.79 Å². The van der Waals surface area contributed by atoms with E-state index in [1.54, 1.807) is 6.20 Å². The highest BCUT2D eigenvalue weighted by Crippen LogP contribution is 2.26. The standard InChI is InChI=1S/C20H24N4O/c1-15-9-10-22-18(11-15)23-19(25)13-24(4)12-16-7-5-6-8-17(16)20(2,3)14-21/h5-11H,12-13H2,1-4H3,(H,22,23,25). The quantitative estimate of drug-likeness (QED) is 0.879. The molecule has 0 aliphatic carbocycles. The van der Waals surface area contributed by atoms with Gasteiger partial charge >= 0.3 is 0 Å². The van der Waals surface area contributed by atoms with Crippen molar-refractivity contribution >= 4 is 11.7 Å². The van der Waals surface area contributed by atoms with Crippen molar-refractivity contribution in [3.05, 3.63) is 59.3 Å². The van der Waals surface area contributed by atoms with E-state index in [4.69, 9.17) is 0 Å². The molecule has 1 N–H and O–H groups in total. The van der Waals surface area contributed by atoms with Gasteiger partial charge < -0.3 is 5.32 Å². The highest BCUT2D eigenvalue weighted by atomic mass is 16.2. The van der Waals surface area contributed by atoms with Crippen LogP contribution in [0.3, 0.4) is 0 Å². The molecular formula is C20H24N4O. The Morgan fingerprint density at radius 1 is 1.32 bits per heavy atom. The second-order valence-corrected chi connectivity index (χ2v) is 6.83. The zero-order chi connectivity index (χ0) is 18.4. The minimum absolute atomic E-state index is 0.113. The molecule has 1 aromatic carbocycles. The molecule has 130 valence electrons. The second kappa shape index (κ2) is 7.91. The molecule has 0 bridgehead atoms. The Hall–Kier alpha value is -2.71. The van der Waals surface area contributed by atoms with Crippen molar-refractivity contribution in [3.63, 3.8) is 0 Å². The predicted octanol–water partition coefficient (Wildman–Crippen LogP) is 3.26. The van der Waals surface area contributed by atoms with E-state index >= 15 is 0 Å². The number of nitrogens with one attached hydrogen (secondary N) is 1. The van der Waals surface area contributed by atoms with Gasteiger partial charge in [0.25, 0.3) is 0 Å². The minimum atomic E-state index is -0.564. The molecule has 0 fully saturated rings. The molecule has 5 nitrogen and oxygen atoms in total. The normalized spacial score (nSPS) is 11.2. The summed E-state index contributed by atoms with van der Waals surface area (Å²) in [5, 5.41) is 12.2. The molecule has 0 atom stereocenters. The summed E-state index contributed by atoms with van der Waals surface area (Å²) < 4.78 is 0. The maximum Gasteiger partial charge on any atom is 0.239 e. The van der Waals surface area contributed by atoms with Crippen molar-refractivity contribution in [1.29, 1.82) is 5.26 Å². The third-order valence-electron chi connectivity index (χ3n) is 4.01. The third kappa shape index (κ3) is 5.13. The number of nitriles is 1. The van der Waals surface area contributed by atoms with Crippen molar-refractivity contribution in [2.75, 3.05) is 18.9 Å². The average Bonchev–Trinajstić information content (AvgIpc) is 2.55. The average molecular weight is 336 g/mol. The first kappa shape index (κ1) is 18.6. The molecule has 0 spiro atoms. The van der Waals surface area contributed by atoms with E-state index in [-0.39, 0.29) is 12.5 Å². The molecule has 0 radical (unpaired) electrons. The lowest BCUT2D eigenvalue weighted by Crippen LogP contribution is -2.31. The van der Waals surface area contributed by atoms with Crippen LogP contribution in [0.25, 0.3) is 0 Å².